The number of halogens is 2. The number of H-pyrrole nitrogens is 1. The maximum Gasteiger partial charge on any atom is 0.412 e. The molecule has 11 nitrogen and oxygen atoms in total. The molecule has 2 aromatic carbocycles. The Hall–Kier alpha value is -4.84. The molecule has 1 fully saturated rings. The van der Waals surface area contributed by atoms with Gasteiger partial charge < -0.3 is 19.9 Å². The highest BCUT2D eigenvalue weighted by Gasteiger charge is 2.49. The van der Waals surface area contributed by atoms with Crippen molar-refractivity contribution in [2.75, 3.05) is 18.4 Å². The molecule has 3 N–H and O–H groups in total. The fraction of sp³-hybridized carbons (Fsp3) is 0.241. The van der Waals surface area contributed by atoms with E-state index in [1.807, 2.05) is 0 Å². The number of fused-ring (bicyclic) bond motifs is 3. The lowest BCUT2D eigenvalue weighted by molar-refractivity contribution is -0.141. The topological polar surface area (TPSA) is 146 Å². The summed E-state index contributed by atoms with van der Waals surface area (Å²) in [4.78, 5) is 63.7. The molecule has 0 saturated carbocycles. The molecule has 2 aliphatic heterocycles. The van der Waals surface area contributed by atoms with Crippen molar-refractivity contribution in [1.82, 2.24) is 25.2 Å². The van der Waals surface area contributed by atoms with E-state index in [9.17, 15) is 19.2 Å². The van der Waals surface area contributed by atoms with Crippen LogP contribution in [0.2, 0.25) is 5.02 Å². The average Bonchev–Trinajstić information content (AvgIpc) is 2.98. The minimum absolute atomic E-state index is 0.0773. The first-order valence-electron chi connectivity index (χ1n) is 13.2. The fourth-order valence-corrected chi connectivity index (χ4v) is 5.75. The number of aromatic amines is 1. The van der Waals surface area contributed by atoms with E-state index in [4.69, 9.17) is 16.3 Å². The van der Waals surface area contributed by atoms with Gasteiger partial charge in [0, 0.05) is 42.5 Å². The number of anilines is 1. The van der Waals surface area contributed by atoms with E-state index in [1.165, 1.54) is 29.4 Å². The van der Waals surface area contributed by atoms with Crippen molar-refractivity contribution in [3.63, 3.8) is 0 Å². The van der Waals surface area contributed by atoms with Gasteiger partial charge in [-0.3, -0.25) is 19.7 Å². The number of likely N-dealkylation sites (tertiary alicyclic amines) is 1. The molecule has 2 aromatic heterocycles. The van der Waals surface area contributed by atoms with Crippen LogP contribution in [0.5, 0.6) is 0 Å². The second kappa shape index (κ2) is 10.9. The molecule has 0 bridgehead atoms. The number of carbonyl (C=O) groups is 3. The summed E-state index contributed by atoms with van der Waals surface area (Å²) in [5.74, 6) is -1.69. The van der Waals surface area contributed by atoms with E-state index >= 15 is 4.39 Å². The largest absolute Gasteiger partial charge is 0.436 e. The number of pyridine rings is 1. The van der Waals surface area contributed by atoms with Crippen molar-refractivity contribution in [2.45, 2.75) is 30.9 Å². The number of rotatable bonds is 5. The third-order valence-electron chi connectivity index (χ3n) is 7.49. The number of hydrogen-bond donors (Lipinski definition) is 3. The van der Waals surface area contributed by atoms with Crippen molar-refractivity contribution in [3.05, 3.63) is 99.1 Å². The Labute approximate surface area is 243 Å². The molecule has 2 aliphatic rings. The van der Waals surface area contributed by atoms with Crippen LogP contribution in [0.15, 0.2) is 66.0 Å². The lowest BCUT2D eigenvalue weighted by Gasteiger charge is -2.45. The number of aromatic nitrogens is 3. The zero-order valence-corrected chi connectivity index (χ0v) is 22.8. The molecule has 4 heterocycles. The predicted octanol–water partition coefficient (Wildman–Crippen LogP) is 3.53. The molecule has 214 valence electrons. The Kier molecular flexibility index (Phi) is 7.07. The summed E-state index contributed by atoms with van der Waals surface area (Å²) in [6.07, 6.45) is 4.45. The Balaban J connectivity index is 1.31. The third-order valence-corrected chi connectivity index (χ3v) is 7.78. The number of nitrogens with zero attached hydrogens (tertiary/aromatic N) is 3. The van der Waals surface area contributed by atoms with Crippen LogP contribution in [0.1, 0.15) is 34.3 Å². The number of piperidine rings is 1. The molecule has 13 heteroatoms. The normalized spacial score (nSPS) is 18.6. The van der Waals surface area contributed by atoms with Crippen molar-refractivity contribution in [3.8, 4) is 0 Å². The summed E-state index contributed by atoms with van der Waals surface area (Å²) >= 11 is 6.08. The molecule has 1 spiro atoms. The van der Waals surface area contributed by atoms with E-state index in [1.54, 1.807) is 36.7 Å². The highest BCUT2D eigenvalue weighted by molar-refractivity contribution is 6.31. The zero-order chi connectivity index (χ0) is 29.4. The van der Waals surface area contributed by atoms with E-state index < -0.39 is 35.4 Å². The first kappa shape index (κ1) is 27.3. The Morgan fingerprint density at radius 1 is 1.14 bits per heavy atom. The molecule has 0 unspecified atom stereocenters. The van der Waals surface area contributed by atoms with Crippen LogP contribution in [-0.4, -0.2) is 56.9 Å². The molecule has 42 heavy (non-hydrogen) atoms. The molecule has 0 aliphatic carbocycles. The summed E-state index contributed by atoms with van der Waals surface area (Å²) < 4.78 is 21.0. The van der Waals surface area contributed by atoms with Gasteiger partial charge in [-0.1, -0.05) is 11.6 Å². The van der Waals surface area contributed by atoms with Gasteiger partial charge in [0.05, 0.1) is 22.8 Å². The molecule has 4 aromatic rings. The quantitative estimate of drug-likeness (QED) is 0.322. The first-order valence-corrected chi connectivity index (χ1v) is 13.6. The summed E-state index contributed by atoms with van der Waals surface area (Å²) in [7, 11) is 0. The average molecular weight is 591 g/mol. The number of ether oxygens (including phenoxy) is 1. The molecule has 3 amide bonds. The monoisotopic (exact) mass is 590 g/mol. The number of hydrogen-bond acceptors (Lipinski definition) is 7. The second-order valence-electron chi connectivity index (χ2n) is 10.3. The summed E-state index contributed by atoms with van der Waals surface area (Å²) in [5.41, 5.74) is 0.0416. The number of carbonyl (C=O) groups excluding carboxylic acids is 3. The lowest BCUT2D eigenvalue weighted by Crippen LogP contribution is -2.57. The van der Waals surface area contributed by atoms with Crippen LogP contribution in [0.25, 0.3) is 10.9 Å². The van der Waals surface area contributed by atoms with E-state index in [2.05, 4.69) is 25.6 Å². The molecular weight excluding hydrogens is 567 g/mol. The van der Waals surface area contributed by atoms with E-state index in [0.29, 0.717) is 29.4 Å². The van der Waals surface area contributed by atoms with E-state index in [0.717, 1.165) is 0 Å². The van der Waals surface area contributed by atoms with Crippen LogP contribution < -0.4 is 16.2 Å². The van der Waals surface area contributed by atoms with Gasteiger partial charge in [-0.25, -0.2) is 19.2 Å². The number of benzene rings is 2. The van der Waals surface area contributed by atoms with Gasteiger partial charge in [0.25, 0.3) is 5.91 Å². The van der Waals surface area contributed by atoms with Gasteiger partial charge in [0.1, 0.15) is 12.4 Å². The smallest absolute Gasteiger partial charge is 0.412 e. The highest BCUT2D eigenvalue weighted by Crippen LogP contribution is 2.45. The summed E-state index contributed by atoms with van der Waals surface area (Å²) in [6.45, 7) is 0.161. The summed E-state index contributed by atoms with van der Waals surface area (Å²) in [6, 6.07) is 9.54. The fourth-order valence-electron chi connectivity index (χ4n) is 5.59. The van der Waals surface area contributed by atoms with Crippen LogP contribution in [0.3, 0.4) is 0 Å². The Bertz CT molecular complexity index is 1780. The van der Waals surface area contributed by atoms with Gasteiger partial charge in [0.15, 0.2) is 11.4 Å². The standard InChI is InChI=1S/C29H24ClFN6O5/c30-19-4-6-21-24(25(19)31)29(42-28(41)36-21)8-1-9-37(14-29)27(40)22(10-16-12-32-15-33-13-16)35-26(39)18-2-5-20-17(11-18)3-7-23(38)34-20/h2-7,11-13,15,22H,1,8-10,14H2,(H,34,38)(H,35,39)(H,36,41)/t22-,29-/m0/s1. The minimum atomic E-state index is -1.46. The Morgan fingerprint density at radius 3 is 2.76 bits per heavy atom. The van der Waals surface area contributed by atoms with E-state index in [-0.39, 0.29) is 46.8 Å². The van der Waals surface area contributed by atoms with Gasteiger partial charge in [-0.05, 0) is 60.2 Å². The van der Waals surface area contributed by atoms with Crippen LogP contribution in [-0.2, 0) is 21.6 Å². The first-order chi connectivity index (χ1) is 20.2. The molecule has 0 radical (unpaired) electrons. The second-order valence-corrected chi connectivity index (χ2v) is 10.7. The van der Waals surface area contributed by atoms with Gasteiger partial charge >= 0.3 is 6.09 Å². The minimum Gasteiger partial charge on any atom is -0.436 e. The van der Waals surface area contributed by atoms with Gasteiger partial charge in [-0.15, -0.1) is 0 Å². The van der Waals surface area contributed by atoms with Crippen LogP contribution >= 0.6 is 11.6 Å². The third kappa shape index (κ3) is 5.16. The maximum absolute atomic E-state index is 15.3. The van der Waals surface area contributed by atoms with Crippen LogP contribution in [0.4, 0.5) is 14.9 Å². The summed E-state index contributed by atoms with van der Waals surface area (Å²) in [5, 5.41) is 5.84. The molecule has 6 rings (SSSR count). The zero-order valence-electron chi connectivity index (χ0n) is 22.0. The highest BCUT2D eigenvalue weighted by atomic mass is 35.5. The van der Waals surface area contributed by atoms with Crippen LogP contribution in [0, 0.1) is 5.82 Å². The Morgan fingerprint density at radius 2 is 1.95 bits per heavy atom. The molecule has 2 atom stereocenters. The van der Waals surface area contributed by atoms with Gasteiger partial charge in [0.2, 0.25) is 11.5 Å². The van der Waals surface area contributed by atoms with Crippen molar-refractivity contribution in [1.29, 1.82) is 0 Å². The van der Waals surface area contributed by atoms with Crippen molar-refractivity contribution >= 4 is 46.1 Å². The molecular formula is C29H24ClFN6O5. The van der Waals surface area contributed by atoms with Crippen molar-refractivity contribution in [2.24, 2.45) is 0 Å². The SMILES string of the molecule is O=C1Nc2ccc(Cl)c(F)c2[C@@]2(CCCN(C(=O)[C@H](Cc3cncnc3)NC(=O)c3ccc4[nH]c(=O)ccc4c3)C2)O1. The molecule has 1 saturated heterocycles. The van der Waals surface area contributed by atoms with Gasteiger partial charge in [-0.2, -0.15) is 0 Å². The lowest BCUT2D eigenvalue weighted by atomic mass is 9.82. The predicted molar refractivity (Wildman–Crippen MR) is 151 cm³/mol. The maximum atomic E-state index is 15.3. The van der Waals surface area contributed by atoms with Crippen molar-refractivity contribution < 1.29 is 23.5 Å². The number of nitrogens with one attached hydrogen (secondary N) is 3. The number of amides is 3.